The number of amides is 1. The van der Waals surface area contributed by atoms with Crippen LogP contribution in [0.3, 0.4) is 0 Å². The molecule has 0 aromatic heterocycles. The van der Waals surface area contributed by atoms with E-state index in [4.69, 9.17) is 19.0 Å². The van der Waals surface area contributed by atoms with Crippen LogP contribution in [0.4, 0.5) is 0 Å². The van der Waals surface area contributed by atoms with Gasteiger partial charge in [0.2, 0.25) is 6.41 Å². The first-order chi connectivity index (χ1) is 20.2. The maximum atomic E-state index is 12.2. The molecule has 0 bridgehead atoms. The predicted molar refractivity (Wildman–Crippen MR) is 159 cm³/mol. The van der Waals surface area contributed by atoms with Crippen molar-refractivity contribution in [3.05, 3.63) is 144 Å². The van der Waals surface area contributed by atoms with Gasteiger partial charge >= 0.3 is 0 Å². The number of rotatable bonds is 18. The van der Waals surface area contributed by atoms with Crippen molar-refractivity contribution in [1.82, 2.24) is 5.06 Å². The second kappa shape index (κ2) is 17.1. The fourth-order valence-corrected chi connectivity index (χ4v) is 4.51. The SMILES string of the molecule is CC[C@@H](OCc1ccccc1)[C@@H](OCc1ccccc1)[C@H](CN(C=O)OCc1ccccc1)OCc1ccccc1. The van der Waals surface area contributed by atoms with Gasteiger partial charge in [-0.1, -0.05) is 128 Å². The summed E-state index contributed by atoms with van der Waals surface area (Å²) in [6, 6.07) is 39.8. The lowest BCUT2D eigenvalue weighted by atomic mass is 10.0. The smallest absolute Gasteiger partial charge is 0.233 e. The zero-order valence-corrected chi connectivity index (χ0v) is 23.6. The van der Waals surface area contributed by atoms with Gasteiger partial charge in [0, 0.05) is 0 Å². The van der Waals surface area contributed by atoms with E-state index < -0.39 is 12.2 Å². The Kier molecular flexibility index (Phi) is 12.6. The maximum absolute atomic E-state index is 12.2. The molecule has 0 spiro atoms. The highest BCUT2D eigenvalue weighted by molar-refractivity contribution is 5.45. The van der Waals surface area contributed by atoms with Gasteiger partial charge in [0.05, 0.1) is 32.5 Å². The largest absolute Gasteiger partial charge is 0.371 e. The molecule has 0 saturated heterocycles. The van der Waals surface area contributed by atoms with E-state index in [9.17, 15) is 4.79 Å². The van der Waals surface area contributed by atoms with E-state index in [2.05, 4.69) is 6.92 Å². The van der Waals surface area contributed by atoms with Gasteiger partial charge in [-0.15, -0.1) is 0 Å². The van der Waals surface area contributed by atoms with Crippen LogP contribution in [-0.2, 0) is 50.3 Å². The molecule has 6 nitrogen and oxygen atoms in total. The molecule has 4 aromatic carbocycles. The van der Waals surface area contributed by atoms with E-state index in [0.29, 0.717) is 32.7 Å². The van der Waals surface area contributed by atoms with Crippen LogP contribution >= 0.6 is 0 Å². The zero-order valence-electron chi connectivity index (χ0n) is 23.6. The first-order valence-corrected chi connectivity index (χ1v) is 14.1. The number of ether oxygens (including phenoxy) is 3. The third-order valence-corrected chi connectivity index (χ3v) is 6.75. The molecule has 214 valence electrons. The number of carbonyl (C=O) groups excluding carboxylic acids is 1. The lowest BCUT2D eigenvalue weighted by Crippen LogP contribution is -2.48. The number of hydroxylamine groups is 2. The second-order valence-electron chi connectivity index (χ2n) is 9.80. The molecule has 6 heteroatoms. The Morgan fingerprint density at radius 3 is 1.37 bits per heavy atom. The van der Waals surface area contributed by atoms with Crippen LogP contribution in [0, 0.1) is 0 Å². The van der Waals surface area contributed by atoms with Crippen molar-refractivity contribution in [1.29, 1.82) is 0 Å². The van der Waals surface area contributed by atoms with Crippen LogP contribution in [0.1, 0.15) is 35.6 Å². The minimum Gasteiger partial charge on any atom is -0.371 e. The molecule has 0 saturated carbocycles. The van der Waals surface area contributed by atoms with Crippen molar-refractivity contribution < 1.29 is 23.8 Å². The molecule has 4 rings (SSSR count). The number of hydrogen-bond acceptors (Lipinski definition) is 5. The molecule has 0 aliphatic rings. The van der Waals surface area contributed by atoms with Crippen molar-refractivity contribution in [2.45, 2.75) is 58.1 Å². The van der Waals surface area contributed by atoms with Crippen molar-refractivity contribution in [3.8, 4) is 0 Å². The fourth-order valence-electron chi connectivity index (χ4n) is 4.51. The highest BCUT2D eigenvalue weighted by Crippen LogP contribution is 2.21. The summed E-state index contributed by atoms with van der Waals surface area (Å²) in [4.78, 5) is 18.1. The Hall–Kier alpha value is -3.81. The van der Waals surface area contributed by atoms with Crippen molar-refractivity contribution in [3.63, 3.8) is 0 Å². The van der Waals surface area contributed by atoms with Crippen LogP contribution < -0.4 is 0 Å². The molecule has 0 fully saturated rings. The topological polar surface area (TPSA) is 57.2 Å². The van der Waals surface area contributed by atoms with Crippen LogP contribution in [0.5, 0.6) is 0 Å². The summed E-state index contributed by atoms with van der Waals surface area (Å²) in [6.45, 7) is 3.70. The van der Waals surface area contributed by atoms with Crippen molar-refractivity contribution in [2.75, 3.05) is 6.54 Å². The Balaban J connectivity index is 1.55. The minimum absolute atomic E-state index is 0.174. The maximum Gasteiger partial charge on any atom is 0.233 e. The minimum atomic E-state index is -0.527. The Bertz CT molecular complexity index is 1240. The molecular formula is C35H39NO5. The molecular weight excluding hydrogens is 514 g/mol. The Morgan fingerprint density at radius 1 is 0.561 bits per heavy atom. The van der Waals surface area contributed by atoms with Crippen molar-refractivity contribution in [2.24, 2.45) is 0 Å². The number of carbonyl (C=O) groups is 1. The Morgan fingerprint density at radius 2 is 0.951 bits per heavy atom. The van der Waals surface area contributed by atoms with Crippen LogP contribution in [-0.4, -0.2) is 36.3 Å². The monoisotopic (exact) mass is 553 g/mol. The lowest BCUT2D eigenvalue weighted by molar-refractivity contribution is -0.208. The lowest BCUT2D eigenvalue weighted by Gasteiger charge is -2.35. The van der Waals surface area contributed by atoms with E-state index in [1.807, 2.05) is 121 Å². The summed E-state index contributed by atoms with van der Waals surface area (Å²) >= 11 is 0. The average Bonchev–Trinajstić information content (AvgIpc) is 3.04. The molecule has 0 aliphatic heterocycles. The van der Waals surface area contributed by atoms with Gasteiger partial charge in [-0.2, -0.15) is 0 Å². The van der Waals surface area contributed by atoms with E-state index >= 15 is 0 Å². The van der Waals surface area contributed by atoms with E-state index in [1.165, 1.54) is 5.06 Å². The molecule has 0 N–H and O–H groups in total. The van der Waals surface area contributed by atoms with Gasteiger partial charge in [-0.3, -0.25) is 9.63 Å². The highest BCUT2D eigenvalue weighted by atomic mass is 16.7. The Labute approximate surface area is 243 Å². The predicted octanol–water partition coefficient (Wildman–Crippen LogP) is 6.74. The molecule has 0 unspecified atom stereocenters. The standard InChI is InChI=1S/C35H39NO5/c1-2-33(38-24-29-15-7-3-8-16-29)35(40-26-31-19-11-5-12-20-31)34(39-25-30-17-9-4-10-18-30)23-36(28-37)41-27-32-21-13-6-14-22-32/h3-22,28,33-35H,2,23-27H2,1H3/t33-,34+,35-/m1/s1. The summed E-state index contributed by atoms with van der Waals surface area (Å²) in [5, 5.41) is 1.30. The summed E-state index contributed by atoms with van der Waals surface area (Å²) < 4.78 is 19.5. The fraction of sp³-hybridized carbons (Fsp3) is 0.286. The van der Waals surface area contributed by atoms with Crippen LogP contribution in [0.2, 0.25) is 0 Å². The first kappa shape index (κ1) is 30.2. The molecule has 1 amide bonds. The normalized spacial score (nSPS) is 13.3. The van der Waals surface area contributed by atoms with Gasteiger partial charge < -0.3 is 14.2 Å². The molecule has 0 heterocycles. The summed E-state index contributed by atoms with van der Waals surface area (Å²) in [7, 11) is 0. The quantitative estimate of drug-likeness (QED) is 0.101. The zero-order chi connectivity index (χ0) is 28.5. The van der Waals surface area contributed by atoms with Crippen LogP contribution in [0.25, 0.3) is 0 Å². The molecule has 3 atom stereocenters. The van der Waals surface area contributed by atoms with E-state index in [0.717, 1.165) is 22.3 Å². The second-order valence-corrected chi connectivity index (χ2v) is 9.80. The number of benzene rings is 4. The summed E-state index contributed by atoms with van der Waals surface area (Å²) in [5.74, 6) is 0. The third-order valence-electron chi connectivity index (χ3n) is 6.75. The highest BCUT2D eigenvalue weighted by Gasteiger charge is 2.33. The molecule has 41 heavy (non-hydrogen) atoms. The molecule has 0 radical (unpaired) electrons. The summed E-state index contributed by atoms with van der Waals surface area (Å²) in [6.07, 6.45) is 0.101. The molecule has 4 aromatic rings. The van der Waals surface area contributed by atoms with Gasteiger partial charge in [-0.05, 0) is 28.7 Å². The third kappa shape index (κ3) is 10.3. The van der Waals surface area contributed by atoms with E-state index in [-0.39, 0.29) is 19.3 Å². The van der Waals surface area contributed by atoms with E-state index in [1.54, 1.807) is 0 Å². The van der Waals surface area contributed by atoms with Gasteiger partial charge in [-0.25, -0.2) is 5.06 Å². The number of nitrogens with zero attached hydrogens (tertiary/aromatic N) is 1. The average molecular weight is 554 g/mol. The first-order valence-electron chi connectivity index (χ1n) is 14.1. The van der Waals surface area contributed by atoms with Gasteiger partial charge in [0.15, 0.2) is 0 Å². The number of hydrogen-bond donors (Lipinski definition) is 0. The molecule has 0 aliphatic carbocycles. The van der Waals surface area contributed by atoms with Crippen molar-refractivity contribution >= 4 is 6.41 Å². The summed E-state index contributed by atoms with van der Waals surface area (Å²) in [5.41, 5.74) is 4.12. The van der Waals surface area contributed by atoms with Gasteiger partial charge in [0.25, 0.3) is 0 Å². The van der Waals surface area contributed by atoms with Crippen LogP contribution in [0.15, 0.2) is 121 Å². The van der Waals surface area contributed by atoms with Gasteiger partial charge in [0.1, 0.15) is 18.8 Å².